The first kappa shape index (κ1) is 15.2. The van der Waals surface area contributed by atoms with Gasteiger partial charge in [0.15, 0.2) is 0 Å². The van der Waals surface area contributed by atoms with Crippen molar-refractivity contribution in [2.24, 2.45) is 0 Å². The van der Waals surface area contributed by atoms with Gasteiger partial charge in [0.2, 0.25) is 10.0 Å². The van der Waals surface area contributed by atoms with Gasteiger partial charge in [-0.25, -0.2) is 12.8 Å². The molecule has 1 aromatic carbocycles. The summed E-state index contributed by atoms with van der Waals surface area (Å²) in [7, 11) is -3.07. The molecule has 1 aliphatic heterocycles. The average molecular weight is 301 g/mol. The Kier molecular flexibility index (Phi) is 4.95. The summed E-state index contributed by atoms with van der Waals surface area (Å²) in [6.07, 6.45) is 1.24. The number of anilines is 1. The van der Waals surface area contributed by atoms with E-state index in [9.17, 15) is 12.8 Å². The van der Waals surface area contributed by atoms with Crippen molar-refractivity contribution in [2.75, 3.05) is 50.8 Å². The van der Waals surface area contributed by atoms with Crippen LogP contribution in [0.1, 0.15) is 0 Å². The Hall–Kier alpha value is -1.18. The molecule has 1 aliphatic rings. The molecule has 0 saturated carbocycles. The Balaban J connectivity index is 1.71. The molecule has 7 heteroatoms. The molecule has 2 rings (SSSR count). The van der Waals surface area contributed by atoms with Gasteiger partial charge in [-0.05, 0) is 18.2 Å². The van der Waals surface area contributed by atoms with E-state index in [1.165, 1.54) is 22.7 Å². The fourth-order valence-electron chi connectivity index (χ4n) is 2.24. The van der Waals surface area contributed by atoms with Gasteiger partial charge in [0.1, 0.15) is 5.82 Å². The van der Waals surface area contributed by atoms with E-state index in [0.717, 1.165) is 25.3 Å². The monoisotopic (exact) mass is 301 g/mol. The van der Waals surface area contributed by atoms with Crippen molar-refractivity contribution in [1.82, 2.24) is 9.21 Å². The number of benzene rings is 1. The van der Waals surface area contributed by atoms with Gasteiger partial charge in [0.05, 0.1) is 6.26 Å². The number of halogens is 1. The topological polar surface area (TPSA) is 52.7 Å². The van der Waals surface area contributed by atoms with E-state index < -0.39 is 10.0 Å². The zero-order valence-electron chi connectivity index (χ0n) is 11.5. The maximum atomic E-state index is 13.0. The lowest BCUT2D eigenvalue weighted by Gasteiger charge is -2.33. The van der Waals surface area contributed by atoms with Crippen molar-refractivity contribution in [3.05, 3.63) is 30.1 Å². The van der Waals surface area contributed by atoms with E-state index in [1.54, 1.807) is 6.07 Å². The molecule has 0 atom stereocenters. The number of piperazine rings is 1. The smallest absolute Gasteiger partial charge is 0.211 e. The fraction of sp³-hybridized carbons (Fsp3) is 0.538. The van der Waals surface area contributed by atoms with Crippen LogP contribution >= 0.6 is 0 Å². The Labute approximate surface area is 119 Å². The standard InChI is InChI=1S/C13H20FN3O2S/c1-20(18,19)17-9-7-16(8-10-17)6-5-15-13-4-2-3-12(14)11-13/h2-4,11,15H,5-10H2,1H3. The summed E-state index contributed by atoms with van der Waals surface area (Å²) < 4.78 is 37.3. The van der Waals surface area contributed by atoms with Crippen LogP contribution in [0.4, 0.5) is 10.1 Å². The number of hydrogen-bond donors (Lipinski definition) is 1. The normalized spacial score (nSPS) is 18.1. The molecule has 112 valence electrons. The highest BCUT2D eigenvalue weighted by Crippen LogP contribution is 2.09. The van der Waals surface area contributed by atoms with E-state index in [-0.39, 0.29) is 5.82 Å². The summed E-state index contributed by atoms with van der Waals surface area (Å²) in [6.45, 7) is 4.07. The van der Waals surface area contributed by atoms with Gasteiger partial charge in [-0.15, -0.1) is 0 Å². The molecule has 0 spiro atoms. The van der Waals surface area contributed by atoms with Crippen LogP contribution in [-0.2, 0) is 10.0 Å². The Morgan fingerprint density at radius 2 is 1.95 bits per heavy atom. The molecule has 0 amide bonds. The van der Waals surface area contributed by atoms with Crippen molar-refractivity contribution < 1.29 is 12.8 Å². The van der Waals surface area contributed by atoms with Crippen LogP contribution in [0.3, 0.4) is 0 Å². The highest BCUT2D eigenvalue weighted by Gasteiger charge is 2.22. The molecular formula is C13H20FN3O2S. The third kappa shape index (κ3) is 4.43. The van der Waals surface area contributed by atoms with Crippen LogP contribution < -0.4 is 5.32 Å². The first-order valence-electron chi connectivity index (χ1n) is 6.62. The van der Waals surface area contributed by atoms with Gasteiger partial charge in [-0.3, -0.25) is 4.90 Å². The van der Waals surface area contributed by atoms with Gasteiger partial charge >= 0.3 is 0 Å². The summed E-state index contributed by atoms with van der Waals surface area (Å²) >= 11 is 0. The molecule has 1 N–H and O–H groups in total. The van der Waals surface area contributed by atoms with Crippen LogP contribution in [0.2, 0.25) is 0 Å². The number of sulfonamides is 1. The van der Waals surface area contributed by atoms with E-state index >= 15 is 0 Å². The summed E-state index contributed by atoms with van der Waals surface area (Å²) in [5.41, 5.74) is 0.764. The lowest BCUT2D eigenvalue weighted by Crippen LogP contribution is -2.49. The van der Waals surface area contributed by atoms with Crippen molar-refractivity contribution in [3.63, 3.8) is 0 Å². The number of nitrogens with one attached hydrogen (secondary N) is 1. The van der Waals surface area contributed by atoms with Crippen LogP contribution in [0.5, 0.6) is 0 Å². The van der Waals surface area contributed by atoms with E-state index in [0.29, 0.717) is 19.6 Å². The summed E-state index contributed by atoms with van der Waals surface area (Å²) in [4.78, 5) is 2.20. The molecule has 20 heavy (non-hydrogen) atoms. The maximum Gasteiger partial charge on any atom is 0.211 e. The Morgan fingerprint density at radius 3 is 2.55 bits per heavy atom. The molecule has 5 nitrogen and oxygen atoms in total. The lowest BCUT2D eigenvalue weighted by atomic mass is 10.3. The zero-order valence-corrected chi connectivity index (χ0v) is 12.4. The van der Waals surface area contributed by atoms with Gasteiger partial charge in [-0.2, -0.15) is 4.31 Å². The molecule has 1 aromatic rings. The second-order valence-electron chi connectivity index (χ2n) is 4.94. The zero-order chi connectivity index (χ0) is 14.6. The molecule has 1 heterocycles. The third-order valence-corrected chi connectivity index (χ3v) is 4.69. The van der Waals surface area contributed by atoms with Crippen LogP contribution in [0.25, 0.3) is 0 Å². The predicted molar refractivity (Wildman–Crippen MR) is 77.7 cm³/mol. The minimum Gasteiger partial charge on any atom is -0.384 e. The first-order valence-corrected chi connectivity index (χ1v) is 8.47. The molecule has 0 unspecified atom stereocenters. The molecule has 0 aliphatic carbocycles. The lowest BCUT2D eigenvalue weighted by molar-refractivity contribution is 0.195. The Bertz CT molecular complexity index is 542. The maximum absolute atomic E-state index is 13.0. The second-order valence-corrected chi connectivity index (χ2v) is 6.92. The molecular weight excluding hydrogens is 281 g/mol. The van der Waals surface area contributed by atoms with Crippen molar-refractivity contribution in [3.8, 4) is 0 Å². The van der Waals surface area contributed by atoms with Crippen molar-refractivity contribution in [1.29, 1.82) is 0 Å². The summed E-state index contributed by atoms with van der Waals surface area (Å²) in [5, 5.41) is 3.16. The minimum absolute atomic E-state index is 0.253. The van der Waals surface area contributed by atoms with Crippen LogP contribution in [-0.4, -0.2) is 63.1 Å². The summed E-state index contributed by atoms with van der Waals surface area (Å²) in [6, 6.07) is 6.37. The van der Waals surface area contributed by atoms with Gasteiger partial charge in [0.25, 0.3) is 0 Å². The van der Waals surface area contributed by atoms with E-state index in [2.05, 4.69) is 10.2 Å². The molecule has 1 fully saturated rings. The number of nitrogens with zero attached hydrogens (tertiary/aromatic N) is 2. The highest BCUT2D eigenvalue weighted by atomic mass is 32.2. The number of rotatable bonds is 5. The van der Waals surface area contributed by atoms with Crippen molar-refractivity contribution in [2.45, 2.75) is 0 Å². The quantitative estimate of drug-likeness (QED) is 0.875. The molecule has 0 radical (unpaired) electrons. The average Bonchev–Trinajstić information content (AvgIpc) is 2.38. The van der Waals surface area contributed by atoms with Crippen LogP contribution in [0.15, 0.2) is 24.3 Å². The van der Waals surface area contributed by atoms with Gasteiger partial charge in [0, 0.05) is 45.0 Å². The van der Waals surface area contributed by atoms with E-state index in [4.69, 9.17) is 0 Å². The van der Waals surface area contributed by atoms with Gasteiger partial charge in [-0.1, -0.05) is 6.07 Å². The fourth-order valence-corrected chi connectivity index (χ4v) is 3.07. The number of hydrogen-bond acceptors (Lipinski definition) is 4. The highest BCUT2D eigenvalue weighted by molar-refractivity contribution is 7.88. The third-order valence-electron chi connectivity index (χ3n) is 3.38. The Morgan fingerprint density at radius 1 is 1.25 bits per heavy atom. The first-order chi connectivity index (χ1) is 9.45. The summed E-state index contributed by atoms with van der Waals surface area (Å²) in [5.74, 6) is -0.253. The SMILES string of the molecule is CS(=O)(=O)N1CCN(CCNc2cccc(F)c2)CC1. The van der Waals surface area contributed by atoms with E-state index in [1.807, 2.05) is 6.07 Å². The molecule has 1 saturated heterocycles. The molecule has 0 bridgehead atoms. The van der Waals surface area contributed by atoms with Crippen LogP contribution in [0, 0.1) is 5.82 Å². The molecule has 0 aromatic heterocycles. The second kappa shape index (κ2) is 6.51. The largest absolute Gasteiger partial charge is 0.384 e. The predicted octanol–water partition coefficient (Wildman–Crippen LogP) is 0.815. The minimum atomic E-state index is -3.07. The van der Waals surface area contributed by atoms with Crippen molar-refractivity contribution >= 4 is 15.7 Å². The van der Waals surface area contributed by atoms with Gasteiger partial charge < -0.3 is 5.32 Å².